The van der Waals surface area contributed by atoms with Crippen molar-refractivity contribution in [2.45, 2.75) is 45.4 Å². The van der Waals surface area contributed by atoms with E-state index in [9.17, 15) is 4.79 Å². The minimum absolute atomic E-state index is 0.269. The number of carbonyl (C=O) groups excluding carboxylic acids is 1. The van der Waals surface area contributed by atoms with Gasteiger partial charge in [0.05, 0.1) is 6.61 Å². The molecule has 0 atom stereocenters. The summed E-state index contributed by atoms with van der Waals surface area (Å²) in [6.07, 6.45) is 12.6. The number of carbonyl (C=O) groups is 1. The molecule has 0 saturated carbocycles. The van der Waals surface area contributed by atoms with Gasteiger partial charge in [0.1, 0.15) is 5.75 Å². The van der Waals surface area contributed by atoms with Crippen LogP contribution in [0.3, 0.4) is 0 Å². The third-order valence-electron chi connectivity index (χ3n) is 4.88. The fraction of sp³-hybridized carbons (Fsp3) is 0.308. The van der Waals surface area contributed by atoms with E-state index in [4.69, 9.17) is 21.1 Å². The molecule has 0 N–H and O–H groups in total. The second-order valence-electron chi connectivity index (χ2n) is 7.44. The molecule has 4 nitrogen and oxygen atoms in total. The largest absolute Gasteiger partial charge is 0.494 e. The Balaban J connectivity index is 1.51. The van der Waals surface area contributed by atoms with Crippen molar-refractivity contribution < 1.29 is 14.3 Å². The lowest BCUT2D eigenvalue weighted by atomic mass is 10.1. The van der Waals surface area contributed by atoms with Crippen molar-refractivity contribution in [2.24, 2.45) is 4.99 Å². The minimum atomic E-state index is -0.459. The minimum Gasteiger partial charge on any atom is -0.494 e. The highest BCUT2D eigenvalue weighted by atomic mass is 35.5. The Bertz CT molecular complexity index is 944. The van der Waals surface area contributed by atoms with E-state index < -0.39 is 5.97 Å². The second-order valence-corrected chi connectivity index (χ2v) is 7.88. The van der Waals surface area contributed by atoms with Crippen molar-refractivity contribution in [3.8, 4) is 5.75 Å². The Morgan fingerprint density at radius 3 is 2.32 bits per heavy atom. The first-order valence-corrected chi connectivity index (χ1v) is 11.2. The third-order valence-corrected chi connectivity index (χ3v) is 5.13. The molecule has 0 saturated heterocycles. The first-order chi connectivity index (χ1) is 15.1. The number of cyclic esters (lactones) is 1. The molecule has 31 heavy (non-hydrogen) atoms. The standard InChI is InChI=1S/C26H28ClNO3/c1-2-3-4-5-6-7-18-30-23-15-10-21(11-16-23)19-24-26(29)31-25(28-24)17-12-20-8-13-22(27)14-9-20/h8-17,19H,2-7,18H2,1H3. The van der Waals surface area contributed by atoms with Crippen molar-refractivity contribution >= 4 is 35.6 Å². The number of esters is 1. The van der Waals surface area contributed by atoms with Gasteiger partial charge in [0, 0.05) is 11.1 Å². The SMILES string of the molecule is CCCCCCCCOc1ccc(C=C2N=C(C=Cc3ccc(Cl)cc3)OC2=O)cc1. The van der Waals surface area contributed by atoms with Gasteiger partial charge in [-0.3, -0.25) is 0 Å². The van der Waals surface area contributed by atoms with E-state index in [-0.39, 0.29) is 11.6 Å². The summed E-state index contributed by atoms with van der Waals surface area (Å²) in [5, 5.41) is 0.672. The summed E-state index contributed by atoms with van der Waals surface area (Å²) in [6.45, 7) is 2.95. The Morgan fingerprint density at radius 2 is 1.58 bits per heavy atom. The number of aliphatic imine (C=N–C) groups is 1. The summed E-state index contributed by atoms with van der Waals surface area (Å²) in [4.78, 5) is 16.4. The molecule has 2 aromatic carbocycles. The van der Waals surface area contributed by atoms with E-state index in [1.807, 2.05) is 42.5 Å². The van der Waals surface area contributed by atoms with Crippen LogP contribution in [0.2, 0.25) is 5.02 Å². The maximum Gasteiger partial charge on any atom is 0.363 e. The predicted molar refractivity (Wildman–Crippen MR) is 127 cm³/mol. The van der Waals surface area contributed by atoms with Crippen LogP contribution in [0.15, 0.2) is 65.3 Å². The number of halogens is 1. The molecule has 5 heteroatoms. The Labute approximate surface area is 189 Å². The van der Waals surface area contributed by atoms with E-state index in [1.54, 1.807) is 24.3 Å². The molecule has 1 heterocycles. The van der Waals surface area contributed by atoms with Gasteiger partial charge < -0.3 is 9.47 Å². The third kappa shape index (κ3) is 7.72. The first kappa shape index (κ1) is 22.8. The van der Waals surface area contributed by atoms with Gasteiger partial charge in [-0.1, -0.05) is 74.9 Å². The number of hydrogen-bond donors (Lipinski definition) is 0. The zero-order valence-corrected chi connectivity index (χ0v) is 18.6. The molecule has 0 radical (unpaired) electrons. The van der Waals surface area contributed by atoms with Gasteiger partial charge in [0.2, 0.25) is 5.90 Å². The highest BCUT2D eigenvalue weighted by Gasteiger charge is 2.21. The van der Waals surface area contributed by atoms with E-state index in [1.165, 1.54) is 32.1 Å². The summed E-state index contributed by atoms with van der Waals surface area (Å²) in [6, 6.07) is 15.0. The van der Waals surface area contributed by atoms with Gasteiger partial charge in [-0.15, -0.1) is 0 Å². The average molecular weight is 438 g/mol. The molecule has 162 valence electrons. The van der Waals surface area contributed by atoms with E-state index in [0.29, 0.717) is 5.02 Å². The summed E-state index contributed by atoms with van der Waals surface area (Å²) < 4.78 is 11.0. The van der Waals surface area contributed by atoms with Crippen LogP contribution in [0, 0.1) is 0 Å². The molecule has 2 aromatic rings. The molecular formula is C26H28ClNO3. The molecule has 0 fully saturated rings. The second kappa shape index (κ2) is 12.1. The van der Waals surface area contributed by atoms with E-state index in [0.717, 1.165) is 29.9 Å². The number of ether oxygens (including phenoxy) is 2. The van der Waals surface area contributed by atoms with Gasteiger partial charge in [-0.2, -0.15) is 0 Å². The maximum atomic E-state index is 12.1. The molecule has 1 aliphatic rings. The Hall–Kier alpha value is -2.85. The fourth-order valence-electron chi connectivity index (χ4n) is 3.13. The van der Waals surface area contributed by atoms with Crippen LogP contribution in [0.4, 0.5) is 0 Å². The van der Waals surface area contributed by atoms with Crippen LogP contribution in [0.5, 0.6) is 5.75 Å². The number of nitrogens with zero attached hydrogens (tertiary/aromatic N) is 1. The molecule has 0 aliphatic carbocycles. The highest BCUT2D eigenvalue weighted by Crippen LogP contribution is 2.19. The fourth-order valence-corrected chi connectivity index (χ4v) is 3.25. The van der Waals surface area contributed by atoms with E-state index >= 15 is 0 Å². The van der Waals surface area contributed by atoms with Crippen LogP contribution < -0.4 is 4.74 Å². The molecular weight excluding hydrogens is 410 g/mol. The lowest BCUT2D eigenvalue weighted by Crippen LogP contribution is -2.01. The number of hydrogen-bond acceptors (Lipinski definition) is 4. The molecule has 0 aromatic heterocycles. The molecule has 0 bridgehead atoms. The monoisotopic (exact) mass is 437 g/mol. The Morgan fingerprint density at radius 1 is 0.903 bits per heavy atom. The molecule has 0 unspecified atom stereocenters. The van der Waals surface area contributed by atoms with Gasteiger partial charge in [0.15, 0.2) is 5.70 Å². The van der Waals surface area contributed by atoms with Crippen molar-refractivity contribution in [3.63, 3.8) is 0 Å². The topological polar surface area (TPSA) is 47.9 Å². The normalized spacial score (nSPS) is 14.8. The van der Waals surface area contributed by atoms with Crippen LogP contribution in [-0.4, -0.2) is 18.5 Å². The summed E-state index contributed by atoms with van der Waals surface area (Å²) in [7, 11) is 0. The number of benzene rings is 2. The van der Waals surface area contributed by atoms with Crippen molar-refractivity contribution in [2.75, 3.05) is 6.61 Å². The smallest absolute Gasteiger partial charge is 0.363 e. The van der Waals surface area contributed by atoms with Crippen molar-refractivity contribution in [1.82, 2.24) is 0 Å². The first-order valence-electron chi connectivity index (χ1n) is 10.8. The predicted octanol–water partition coefficient (Wildman–Crippen LogP) is 7.09. The van der Waals surface area contributed by atoms with Crippen LogP contribution >= 0.6 is 11.6 Å². The van der Waals surface area contributed by atoms with Crippen molar-refractivity contribution in [3.05, 3.63) is 76.5 Å². The lowest BCUT2D eigenvalue weighted by molar-refractivity contribution is -0.129. The zero-order chi connectivity index (χ0) is 21.9. The van der Waals surface area contributed by atoms with Crippen LogP contribution in [0.1, 0.15) is 56.6 Å². The number of unbranched alkanes of at least 4 members (excludes halogenated alkanes) is 5. The molecule has 1 aliphatic heterocycles. The molecule has 0 amide bonds. The zero-order valence-electron chi connectivity index (χ0n) is 17.9. The summed E-state index contributed by atoms with van der Waals surface area (Å²) in [5.74, 6) is 0.643. The van der Waals surface area contributed by atoms with Gasteiger partial charge >= 0.3 is 5.97 Å². The van der Waals surface area contributed by atoms with Crippen LogP contribution in [0.25, 0.3) is 12.2 Å². The molecule has 0 spiro atoms. The highest BCUT2D eigenvalue weighted by molar-refractivity contribution is 6.30. The van der Waals surface area contributed by atoms with Gasteiger partial charge in [-0.05, 0) is 54.0 Å². The van der Waals surface area contributed by atoms with Gasteiger partial charge in [-0.25, -0.2) is 9.79 Å². The number of rotatable bonds is 11. The van der Waals surface area contributed by atoms with Crippen molar-refractivity contribution in [1.29, 1.82) is 0 Å². The Kier molecular flexibility index (Phi) is 8.92. The quantitative estimate of drug-likeness (QED) is 0.214. The lowest BCUT2D eigenvalue weighted by Gasteiger charge is -2.06. The van der Waals surface area contributed by atoms with Crippen LogP contribution in [-0.2, 0) is 9.53 Å². The molecule has 3 rings (SSSR count). The average Bonchev–Trinajstić information content (AvgIpc) is 3.13. The summed E-state index contributed by atoms with van der Waals surface area (Å²) >= 11 is 5.88. The van der Waals surface area contributed by atoms with E-state index in [2.05, 4.69) is 11.9 Å². The van der Waals surface area contributed by atoms with Gasteiger partial charge in [0.25, 0.3) is 0 Å². The summed E-state index contributed by atoms with van der Waals surface area (Å²) in [5.41, 5.74) is 2.08. The maximum absolute atomic E-state index is 12.1.